The first-order chi connectivity index (χ1) is 10.6. The Balaban J connectivity index is 1.77. The fraction of sp³-hybridized carbons (Fsp3) is 0.133. The van der Waals surface area contributed by atoms with E-state index in [2.05, 4.69) is 10.3 Å². The van der Waals surface area contributed by atoms with Gasteiger partial charge in [-0.1, -0.05) is 11.6 Å². The van der Waals surface area contributed by atoms with Gasteiger partial charge in [0.1, 0.15) is 12.3 Å². The van der Waals surface area contributed by atoms with Crippen molar-refractivity contribution in [2.75, 3.05) is 0 Å². The van der Waals surface area contributed by atoms with Gasteiger partial charge in [-0.25, -0.2) is 4.98 Å². The molecule has 3 rings (SSSR count). The SMILES string of the molecule is O=C(Cn1cnc2ccc(Cl)cc2c1=O)NCc1ccco1. The lowest BCUT2D eigenvalue weighted by Crippen LogP contribution is -2.32. The quantitative estimate of drug-likeness (QED) is 0.798. The average molecular weight is 318 g/mol. The van der Waals surface area contributed by atoms with Crippen LogP contribution in [0, 0.1) is 0 Å². The standard InChI is InChI=1S/C15H12ClN3O3/c16-10-3-4-13-12(6-10)15(21)19(9-18-13)8-14(20)17-7-11-2-1-5-22-11/h1-6,9H,7-8H2,(H,17,20). The van der Waals surface area contributed by atoms with Crippen LogP contribution in [0.2, 0.25) is 5.02 Å². The molecule has 22 heavy (non-hydrogen) atoms. The highest BCUT2D eigenvalue weighted by Crippen LogP contribution is 2.13. The van der Waals surface area contributed by atoms with Gasteiger partial charge in [-0.3, -0.25) is 14.2 Å². The number of benzene rings is 1. The zero-order chi connectivity index (χ0) is 15.5. The second kappa shape index (κ2) is 6.03. The molecule has 0 fully saturated rings. The Hall–Kier alpha value is -2.60. The minimum atomic E-state index is -0.305. The molecule has 0 atom stereocenters. The normalized spacial score (nSPS) is 10.8. The van der Waals surface area contributed by atoms with Crippen LogP contribution in [0.3, 0.4) is 0 Å². The summed E-state index contributed by atoms with van der Waals surface area (Å²) >= 11 is 5.89. The van der Waals surface area contributed by atoms with Gasteiger partial charge in [-0.05, 0) is 30.3 Å². The molecular formula is C15H12ClN3O3. The van der Waals surface area contributed by atoms with Gasteiger partial charge in [0.05, 0.1) is 30.0 Å². The highest BCUT2D eigenvalue weighted by molar-refractivity contribution is 6.31. The summed E-state index contributed by atoms with van der Waals surface area (Å²) in [6, 6.07) is 8.37. The Morgan fingerprint density at radius 3 is 3.00 bits per heavy atom. The smallest absolute Gasteiger partial charge is 0.261 e. The fourth-order valence-corrected chi connectivity index (χ4v) is 2.23. The summed E-state index contributed by atoms with van der Waals surface area (Å²) in [4.78, 5) is 28.4. The van der Waals surface area contributed by atoms with Gasteiger partial charge in [0, 0.05) is 5.02 Å². The summed E-state index contributed by atoms with van der Waals surface area (Å²) in [6.07, 6.45) is 2.88. The summed E-state index contributed by atoms with van der Waals surface area (Å²) in [5.41, 5.74) is 0.238. The van der Waals surface area contributed by atoms with Crippen molar-refractivity contribution in [1.82, 2.24) is 14.9 Å². The molecule has 3 aromatic rings. The number of hydrogen-bond donors (Lipinski definition) is 1. The zero-order valence-electron chi connectivity index (χ0n) is 11.5. The van der Waals surface area contributed by atoms with Gasteiger partial charge in [-0.2, -0.15) is 0 Å². The molecule has 0 spiro atoms. The van der Waals surface area contributed by atoms with Crippen LogP contribution in [-0.2, 0) is 17.9 Å². The molecular weight excluding hydrogens is 306 g/mol. The van der Waals surface area contributed by atoms with E-state index in [9.17, 15) is 9.59 Å². The van der Waals surface area contributed by atoms with E-state index in [1.54, 1.807) is 30.3 Å². The van der Waals surface area contributed by atoms with Crippen LogP contribution in [-0.4, -0.2) is 15.5 Å². The molecule has 112 valence electrons. The highest BCUT2D eigenvalue weighted by atomic mass is 35.5. The molecule has 0 aliphatic rings. The van der Waals surface area contributed by atoms with E-state index in [0.717, 1.165) is 0 Å². The van der Waals surface area contributed by atoms with Gasteiger partial charge in [0.2, 0.25) is 5.91 Å². The molecule has 0 saturated carbocycles. The Labute approximate surface area is 130 Å². The van der Waals surface area contributed by atoms with Crippen molar-refractivity contribution in [3.8, 4) is 0 Å². The number of furan rings is 1. The molecule has 2 heterocycles. The molecule has 7 heteroatoms. The fourth-order valence-electron chi connectivity index (χ4n) is 2.05. The second-order valence-electron chi connectivity index (χ2n) is 4.70. The monoisotopic (exact) mass is 317 g/mol. The van der Waals surface area contributed by atoms with Gasteiger partial charge < -0.3 is 9.73 Å². The lowest BCUT2D eigenvalue weighted by atomic mass is 10.2. The molecule has 1 N–H and O–H groups in total. The van der Waals surface area contributed by atoms with Crippen LogP contribution < -0.4 is 10.9 Å². The van der Waals surface area contributed by atoms with Crippen molar-refractivity contribution in [2.24, 2.45) is 0 Å². The van der Waals surface area contributed by atoms with E-state index in [-0.39, 0.29) is 24.6 Å². The first-order valence-corrected chi connectivity index (χ1v) is 6.95. The van der Waals surface area contributed by atoms with Crippen LogP contribution >= 0.6 is 11.6 Å². The molecule has 0 aliphatic heterocycles. The topological polar surface area (TPSA) is 77.1 Å². The maximum Gasteiger partial charge on any atom is 0.261 e. The van der Waals surface area contributed by atoms with Gasteiger partial charge in [0.25, 0.3) is 5.56 Å². The van der Waals surface area contributed by atoms with E-state index in [0.29, 0.717) is 21.7 Å². The van der Waals surface area contributed by atoms with Crippen molar-refractivity contribution in [2.45, 2.75) is 13.1 Å². The number of nitrogens with zero attached hydrogens (tertiary/aromatic N) is 2. The number of hydrogen-bond acceptors (Lipinski definition) is 4. The van der Waals surface area contributed by atoms with Crippen LogP contribution in [0.25, 0.3) is 10.9 Å². The molecule has 0 bridgehead atoms. The molecule has 0 saturated heterocycles. The van der Waals surface area contributed by atoms with Crippen molar-refractivity contribution >= 4 is 28.4 Å². The van der Waals surface area contributed by atoms with Crippen LogP contribution in [0.4, 0.5) is 0 Å². The number of aromatic nitrogens is 2. The molecule has 1 aromatic carbocycles. The summed E-state index contributed by atoms with van der Waals surface area (Å²) in [6.45, 7) is 0.155. The lowest BCUT2D eigenvalue weighted by Gasteiger charge is -2.07. The van der Waals surface area contributed by atoms with Crippen molar-refractivity contribution < 1.29 is 9.21 Å². The summed E-state index contributed by atoms with van der Waals surface area (Å²) < 4.78 is 6.36. The highest BCUT2D eigenvalue weighted by Gasteiger charge is 2.09. The number of fused-ring (bicyclic) bond motifs is 1. The molecule has 6 nitrogen and oxygen atoms in total. The van der Waals surface area contributed by atoms with Crippen LogP contribution in [0.1, 0.15) is 5.76 Å². The number of rotatable bonds is 4. The number of nitrogens with one attached hydrogen (secondary N) is 1. The summed E-state index contributed by atoms with van der Waals surface area (Å²) in [5.74, 6) is 0.339. The molecule has 2 aromatic heterocycles. The van der Waals surface area contributed by atoms with E-state index >= 15 is 0 Å². The minimum Gasteiger partial charge on any atom is -0.467 e. The third kappa shape index (κ3) is 3.01. The van der Waals surface area contributed by atoms with Crippen molar-refractivity contribution in [3.63, 3.8) is 0 Å². The first kappa shape index (κ1) is 14.3. The lowest BCUT2D eigenvalue weighted by molar-refractivity contribution is -0.121. The predicted molar refractivity (Wildman–Crippen MR) is 81.6 cm³/mol. The number of carbonyl (C=O) groups is 1. The van der Waals surface area contributed by atoms with E-state index in [1.807, 2.05) is 0 Å². The summed E-state index contributed by atoms with van der Waals surface area (Å²) in [5, 5.41) is 3.51. The Morgan fingerprint density at radius 1 is 1.36 bits per heavy atom. The zero-order valence-corrected chi connectivity index (χ0v) is 12.2. The maximum absolute atomic E-state index is 12.3. The molecule has 0 radical (unpaired) electrons. The largest absolute Gasteiger partial charge is 0.467 e. The van der Waals surface area contributed by atoms with Gasteiger partial charge in [-0.15, -0.1) is 0 Å². The second-order valence-corrected chi connectivity index (χ2v) is 5.13. The van der Waals surface area contributed by atoms with Gasteiger partial charge >= 0.3 is 0 Å². The predicted octanol–water partition coefficient (Wildman–Crippen LogP) is 1.96. The van der Waals surface area contributed by atoms with E-state index < -0.39 is 0 Å². The molecule has 1 amide bonds. The number of amides is 1. The average Bonchev–Trinajstić information content (AvgIpc) is 3.02. The summed E-state index contributed by atoms with van der Waals surface area (Å²) in [7, 11) is 0. The Morgan fingerprint density at radius 2 is 2.23 bits per heavy atom. The minimum absolute atomic E-state index is 0.116. The molecule has 0 unspecified atom stereocenters. The van der Waals surface area contributed by atoms with Gasteiger partial charge in [0.15, 0.2) is 0 Å². The van der Waals surface area contributed by atoms with Crippen LogP contribution in [0.5, 0.6) is 0 Å². The van der Waals surface area contributed by atoms with Crippen molar-refractivity contribution in [1.29, 1.82) is 0 Å². The van der Waals surface area contributed by atoms with Crippen LogP contribution in [0.15, 0.2) is 52.1 Å². The number of carbonyl (C=O) groups excluding carboxylic acids is 1. The number of halogens is 1. The first-order valence-electron chi connectivity index (χ1n) is 6.57. The maximum atomic E-state index is 12.3. The Kier molecular flexibility index (Phi) is 3.93. The van der Waals surface area contributed by atoms with Crippen molar-refractivity contribution in [3.05, 3.63) is 64.1 Å². The third-order valence-corrected chi connectivity index (χ3v) is 3.38. The third-order valence-electron chi connectivity index (χ3n) is 3.14. The Bertz CT molecular complexity index is 871. The van der Waals surface area contributed by atoms with E-state index in [4.69, 9.17) is 16.0 Å². The molecule has 0 aliphatic carbocycles. The van der Waals surface area contributed by atoms with E-state index in [1.165, 1.54) is 17.2 Å².